The van der Waals surface area contributed by atoms with E-state index in [2.05, 4.69) is 5.32 Å². The third-order valence-corrected chi connectivity index (χ3v) is 4.39. The van der Waals surface area contributed by atoms with Crippen molar-refractivity contribution in [3.05, 3.63) is 81.9 Å². The van der Waals surface area contributed by atoms with Gasteiger partial charge in [0.2, 0.25) is 0 Å². The van der Waals surface area contributed by atoms with Crippen molar-refractivity contribution in [1.82, 2.24) is 0 Å². The number of hydrogen-bond donors (Lipinski definition) is 1. The van der Waals surface area contributed by atoms with Gasteiger partial charge in [0.15, 0.2) is 11.5 Å². The average Bonchev–Trinajstić information content (AvgIpc) is 2.76. The molecular formula is C23H22N2O6. The summed E-state index contributed by atoms with van der Waals surface area (Å²) in [5.74, 6) is 1.08. The standard InChI is InChI=1S/C23H22N2O6/c1-4-30-22-14-20(25(27)28)19(13-21(22)29-3)23(26)24-16-7-11-18(12-8-16)31-17-9-5-15(2)6-10-17/h5-14H,4H2,1-3H3,(H,24,26). The molecule has 0 radical (unpaired) electrons. The molecule has 0 aromatic heterocycles. The van der Waals surface area contributed by atoms with Gasteiger partial charge in [0.05, 0.1) is 24.7 Å². The second-order valence-corrected chi connectivity index (χ2v) is 6.60. The number of nitro benzene ring substituents is 1. The Morgan fingerprint density at radius 2 is 1.61 bits per heavy atom. The minimum Gasteiger partial charge on any atom is -0.493 e. The molecule has 0 aliphatic heterocycles. The highest BCUT2D eigenvalue weighted by molar-refractivity contribution is 6.07. The Balaban J connectivity index is 1.79. The van der Waals surface area contributed by atoms with Gasteiger partial charge < -0.3 is 19.5 Å². The van der Waals surface area contributed by atoms with Crippen LogP contribution in [0.2, 0.25) is 0 Å². The molecule has 3 aromatic rings. The maximum Gasteiger partial charge on any atom is 0.286 e. The normalized spacial score (nSPS) is 10.3. The average molecular weight is 422 g/mol. The number of hydrogen-bond acceptors (Lipinski definition) is 6. The molecule has 0 fully saturated rings. The zero-order valence-electron chi connectivity index (χ0n) is 17.4. The van der Waals surface area contributed by atoms with Gasteiger partial charge in [-0.3, -0.25) is 14.9 Å². The van der Waals surface area contributed by atoms with Crippen molar-refractivity contribution in [3.8, 4) is 23.0 Å². The number of ether oxygens (including phenoxy) is 3. The summed E-state index contributed by atoms with van der Waals surface area (Å²) in [5, 5.41) is 14.1. The molecule has 3 rings (SSSR count). The first-order chi connectivity index (χ1) is 14.9. The van der Waals surface area contributed by atoms with Crippen LogP contribution in [0.15, 0.2) is 60.7 Å². The first kappa shape index (κ1) is 21.6. The zero-order chi connectivity index (χ0) is 22.4. The van der Waals surface area contributed by atoms with Gasteiger partial charge in [-0.15, -0.1) is 0 Å². The number of carbonyl (C=O) groups is 1. The summed E-state index contributed by atoms with van der Waals surface area (Å²) in [4.78, 5) is 23.6. The van der Waals surface area contributed by atoms with Crippen LogP contribution < -0.4 is 19.5 Å². The highest BCUT2D eigenvalue weighted by Gasteiger charge is 2.25. The van der Waals surface area contributed by atoms with Crippen molar-refractivity contribution >= 4 is 17.3 Å². The summed E-state index contributed by atoms with van der Waals surface area (Å²) in [5.41, 5.74) is 1.08. The van der Waals surface area contributed by atoms with Gasteiger partial charge in [0.1, 0.15) is 17.1 Å². The van der Waals surface area contributed by atoms with E-state index in [1.807, 2.05) is 31.2 Å². The van der Waals surface area contributed by atoms with Gasteiger partial charge in [-0.05, 0) is 50.2 Å². The lowest BCUT2D eigenvalue weighted by Crippen LogP contribution is -2.14. The van der Waals surface area contributed by atoms with E-state index in [4.69, 9.17) is 14.2 Å². The van der Waals surface area contributed by atoms with E-state index in [9.17, 15) is 14.9 Å². The number of nitro groups is 1. The first-order valence-corrected chi connectivity index (χ1v) is 9.56. The zero-order valence-corrected chi connectivity index (χ0v) is 17.4. The molecule has 0 heterocycles. The van der Waals surface area contributed by atoms with E-state index in [1.54, 1.807) is 31.2 Å². The molecule has 0 atom stereocenters. The Bertz CT molecular complexity index is 1080. The van der Waals surface area contributed by atoms with Gasteiger partial charge in [-0.1, -0.05) is 17.7 Å². The smallest absolute Gasteiger partial charge is 0.286 e. The number of nitrogens with one attached hydrogen (secondary N) is 1. The molecule has 0 saturated heterocycles. The van der Waals surface area contributed by atoms with Crippen LogP contribution >= 0.6 is 0 Å². The van der Waals surface area contributed by atoms with E-state index in [1.165, 1.54) is 19.2 Å². The highest BCUT2D eigenvalue weighted by Crippen LogP contribution is 2.35. The van der Waals surface area contributed by atoms with Crippen LogP contribution in [-0.2, 0) is 0 Å². The number of nitrogens with zero attached hydrogens (tertiary/aromatic N) is 1. The number of benzene rings is 3. The number of aryl methyl sites for hydroxylation is 1. The van der Waals surface area contributed by atoms with Crippen molar-refractivity contribution in [2.75, 3.05) is 19.0 Å². The largest absolute Gasteiger partial charge is 0.493 e. The van der Waals surface area contributed by atoms with Gasteiger partial charge in [0.25, 0.3) is 11.6 Å². The van der Waals surface area contributed by atoms with Crippen LogP contribution in [0.3, 0.4) is 0 Å². The van der Waals surface area contributed by atoms with E-state index < -0.39 is 10.8 Å². The van der Waals surface area contributed by atoms with Crippen molar-refractivity contribution in [3.63, 3.8) is 0 Å². The molecule has 8 heteroatoms. The number of methoxy groups -OCH3 is 1. The Morgan fingerprint density at radius 1 is 1.00 bits per heavy atom. The maximum atomic E-state index is 12.7. The van der Waals surface area contributed by atoms with Crippen molar-refractivity contribution in [1.29, 1.82) is 0 Å². The lowest BCUT2D eigenvalue weighted by atomic mass is 10.1. The third kappa shape index (κ3) is 5.30. The van der Waals surface area contributed by atoms with Gasteiger partial charge in [-0.2, -0.15) is 0 Å². The van der Waals surface area contributed by atoms with Crippen molar-refractivity contribution < 1.29 is 23.9 Å². The highest BCUT2D eigenvalue weighted by atomic mass is 16.6. The minimum atomic E-state index is -0.639. The van der Waals surface area contributed by atoms with Crippen LogP contribution in [0.5, 0.6) is 23.0 Å². The number of rotatable bonds is 8. The molecule has 0 saturated carbocycles. The summed E-state index contributed by atoms with van der Waals surface area (Å²) in [6.07, 6.45) is 0. The summed E-state index contributed by atoms with van der Waals surface area (Å²) >= 11 is 0. The summed E-state index contributed by atoms with van der Waals surface area (Å²) < 4.78 is 16.3. The van der Waals surface area contributed by atoms with Gasteiger partial charge in [0, 0.05) is 11.8 Å². The van der Waals surface area contributed by atoms with E-state index in [-0.39, 0.29) is 22.7 Å². The topological polar surface area (TPSA) is 99.9 Å². The SMILES string of the molecule is CCOc1cc([N+](=O)[O-])c(C(=O)Nc2ccc(Oc3ccc(C)cc3)cc2)cc1OC. The fourth-order valence-electron chi connectivity index (χ4n) is 2.86. The predicted molar refractivity (Wildman–Crippen MR) is 116 cm³/mol. The fourth-order valence-corrected chi connectivity index (χ4v) is 2.86. The Labute approximate surface area is 179 Å². The molecule has 0 aliphatic carbocycles. The Morgan fingerprint density at radius 3 is 2.16 bits per heavy atom. The second kappa shape index (κ2) is 9.62. The Hall–Kier alpha value is -4.07. The molecule has 0 bridgehead atoms. The predicted octanol–water partition coefficient (Wildman–Crippen LogP) is 5.36. The molecule has 0 aliphatic rings. The quantitative estimate of drug-likeness (QED) is 0.388. The summed E-state index contributed by atoms with van der Waals surface area (Å²) in [6.45, 7) is 4.04. The second-order valence-electron chi connectivity index (χ2n) is 6.60. The Kier molecular flexibility index (Phi) is 6.71. The number of amides is 1. The molecule has 3 aromatic carbocycles. The number of anilines is 1. The summed E-state index contributed by atoms with van der Waals surface area (Å²) in [7, 11) is 1.40. The fraction of sp³-hybridized carbons (Fsp3) is 0.174. The molecule has 1 N–H and O–H groups in total. The van der Waals surface area contributed by atoms with Crippen LogP contribution in [-0.4, -0.2) is 24.5 Å². The molecule has 8 nitrogen and oxygen atoms in total. The van der Waals surface area contributed by atoms with E-state index in [0.717, 1.165) is 5.56 Å². The lowest BCUT2D eigenvalue weighted by molar-refractivity contribution is -0.385. The van der Waals surface area contributed by atoms with Gasteiger partial charge in [-0.25, -0.2) is 0 Å². The van der Waals surface area contributed by atoms with Crippen LogP contribution in [0.4, 0.5) is 11.4 Å². The molecule has 1 amide bonds. The monoisotopic (exact) mass is 422 g/mol. The van der Waals surface area contributed by atoms with Crippen molar-refractivity contribution in [2.45, 2.75) is 13.8 Å². The molecular weight excluding hydrogens is 400 g/mol. The van der Waals surface area contributed by atoms with Crippen LogP contribution in [0.25, 0.3) is 0 Å². The maximum absolute atomic E-state index is 12.7. The van der Waals surface area contributed by atoms with Crippen LogP contribution in [0.1, 0.15) is 22.8 Å². The molecule has 0 unspecified atom stereocenters. The van der Waals surface area contributed by atoms with Gasteiger partial charge >= 0.3 is 0 Å². The van der Waals surface area contributed by atoms with E-state index >= 15 is 0 Å². The van der Waals surface area contributed by atoms with Crippen molar-refractivity contribution in [2.24, 2.45) is 0 Å². The van der Waals surface area contributed by atoms with E-state index in [0.29, 0.717) is 23.8 Å². The minimum absolute atomic E-state index is 0.134. The first-order valence-electron chi connectivity index (χ1n) is 9.56. The summed E-state index contributed by atoms with van der Waals surface area (Å²) in [6, 6.07) is 16.8. The molecule has 160 valence electrons. The lowest BCUT2D eigenvalue weighted by Gasteiger charge is -2.12. The molecule has 31 heavy (non-hydrogen) atoms. The molecule has 0 spiro atoms. The van der Waals surface area contributed by atoms with Crippen LogP contribution in [0, 0.1) is 17.0 Å². The number of carbonyl (C=O) groups excluding carboxylic acids is 1. The third-order valence-electron chi connectivity index (χ3n) is 4.39.